The normalized spacial score (nSPS) is 26.9. The summed E-state index contributed by atoms with van der Waals surface area (Å²) in [4.78, 5) is 0. The van der Waals surface area contributed by atoms with Crippen molar-refractivity contribution in [2.24, 2.45) is 5.41 Å². The molecular formula is C12H26N2O3S. The highest BCUT2D eigenvalue weighted by Crippen LogP contribution is 2.42. The molecule has 0 aromatic rings. The van der Waals surface area contributed by atoms with Crippen molar-refractivity contribution >= 4 is 10.0 Å². The van der Waals surface area contributed by atoms with Crippen LogP contribution in [0, 0.1) is 5.41 Å². The van der Waals surface area contributed by atoms with Gasteiger partial charge in [0.1, 0.15) is 0 Å². The molecule has 1 aliphatic carbocycles. The van der Waals surface area contributed by atoms with Gasteiger partial charge in [0.2, 0.25) is 10.0 Å². The summed E-state index contributed by atoms with van der Waals surface area (Å²) >= 11 is 0. The Kier molecular flexibility index (Phi) is 5.58. The smallest absolute Gasteiger partial charge is 0.211 e. The molecule has 5 nitrogen and oxygen atoms in total. The van der Waals surface area contributed by atoms with E-state index in [0.29, 0.717) is 6.42 Å². The summed E-state index contributed by atoms with van der Waals surface area (Å²) in [7, 11) is 0.387. The number of hydrogen-bond acceptors (Lipinski definition) is 4. The van der Waals surface area contributed by atoms with Crippen LogP contribution < -0.4 is 10.0 Å². The zero-order valence-electron chi connectivity index (χ0n) is 11.8. The SMILES string of the molecule is CNCCCCS(=O)(=O)NC1CC(OC)C1(C)C. The molecule has 6 heteroatoms. The van der Waals surface area contributed by atoms with E-state index in [1.807, 2.05) is 20.9 Å². The fourth-order valence-electron chi connectivity index (χ4n) is 2.35. The second-order valence-electron chi connectivity index (χ2n) is 5.58. The molecule has 1 fully saturated rings. The van der Waals surface area contributed by atoms with E-state index < -0.39 is 10.0 Å². The minimum atomic E-state index is -3.16. The van der Waals surface area contributed by atoms with Crippen molar-refractivity contribution in [2.75, 3.05) is 26.5 Å². The third kappa shape index (κ3) is 3.91. The molecule has 2 unspecified atom stereocenters. The maximum absolute atomic E-state index is 11.9. The van der Waals surface area contributed by atoms with Gasteiger partial charge in [0, 0.05) is 18.6 Å². The molecule has 108 valence electrons. The van der Waals surface area contributed by atoms with Crippen molar-refractivity contribution in [2.45, 2.75) is 45.3 Å². The number of rotatable bonds is 8. The third-order valence-corrected chi connectivity index (χ3v) is 5.34. The van der Waals surface area contributed by atoms with Crippen LogP contribution in [0.3, 0.4) is 0 Å². The second-order valence-corrected chi connectivity index (χ2v) is 7.45. The van der Waals surface area contributed by atoms with Gasteiger partial charge in [-0.1, -0.05) is 13.8 Å². The van der Waals surface area contributed by atoms with Gasteiger partial charge in [0.05, 0.1) is 11.9 Å². The van der Waals surface area contributed by atoms with E-state index in [0.717, 1.165) is 19.4 Å². The van der Waals surface area contributed by atoms with Crippen LogP contribution in [0.25, 0.3) is 0 Å². The molecule has 0 aromatic heterocycles. The highest BCUT2D eigenvalue weighted by Gasteiger charge is 2.49. The zero-order chi connectivity index (χ0) is 13.8. The average molecular weight is 278 g/mol. The molecule has 1 saturated carbocycles. The van der Waals surface area contributed by atoms with Crippen LogP contribution in [-0.2, 0) is 14.8 Å². The van der Waals surface area contributed by atoms with Gasteiger partial charge in [-0.2, -0.15) is 0 Å². The molecule has 1 rings (SSSR count). The van der Waals surface area contributed by atoms with Gasteiger partial charge in [-0.25, -0.2) is 13.1 Å². The average Bonchev–Trinajstić information content (AvgIpc) is 2.29. The maximum atomic E-state index is 11.9. The molecule has 0 spiro atoms. The Morgan fingerprint density at radius 2 is 2.00 bits per heavy atom. The quantitative estimate of drug-likeness (QED) is 0.642. The van der Waals surface area contributed by atoms with Crippen LogP contribution in [0.5, 0.6) is 0 Å². The molecule has 1 aliphatic rings. The summed E-state index contributed by atoms with van der Waals surface area (Å²) in [6.07, 6.45) is 2.48. The van der Waals surface area contributed by atoms with Gasteiger partial charge in [-0.15, -0.1) is 0 Å². The largest absolute Gasteiger partial charge is 0.381 e. The van der Waals surface area contributed by atoms with Gasteiger partial charge in [0.15, 0.2) is 0 Å². The Hall–Kier alpha value is -0.170. The molecule has 0 aliphatic heterocycles. The Bertz CT molecular complexity index is 354. The first-order chi connectivity index (χ1) is 8.33. The van der Waals surface area contributed by atoms with Gasteiger partial charge in [0.25, 0.3) is 0 Å². The van der Waals surface area contributed by atoms with Crippen molar-refractivity contribution < 1.29 is 13.2 Å². The molecule has 0 saturated heterocycles. The summed E-state index contributed by atoms with van der Waals surface area (Å²) in [6, 6.07) is -0.00301. The number of nitrogens with one attached hydrogen (secondary N) is 2. The molecule has 0 amide bonds. The highest BCUT2D eigenvalue weighted by atomic mass is 32.2. The molecule has 0 heterocycles. The van der Waals surface area contributed by atoms with Crippen molar-refractivity contribution in [3.63, 3.8) is 0 Å². The number of sulfonamides is 1. The highest BCUT2D eigenvalue weighted by molar-refractivity contribution is 7.89. The van der Waals surface area contributed by atoms with Gasteiger partial charge in [-0.3, -0.25) is 0 Å². The summed E-state index contributed by atoms with van der Waals surface area (Å²) < 4.78 is 31.9. The van der Waals surface area contributed by atoms with Gasteiger partial charge >= 0.3 is 0 Å². The number of hydrogen-bond donors (Lipinski definition) is 2. The summed E-state index contributed by atoms with van der Waals surface area (Å²) in [5, 5.41) is 3.01. The lowest BCUT2D eigenvalue weighted by Crippen LogP contribution is -2.61. The van der Waals surface area contributed by atoms with Crippen molar-refractivity contribution in [3.05, 3.63) is 0 Å². The van der Waals surface area contributed by atoms with Gasteiger partial charge in [-0.05, 0) is 32.9 Å². The molecule has 18 heavy (non-hydrogen) atoms. The van der Waals surface area contributed by atoms with E-state index in [4.69, 9.17) is 4.74 Å². The lowest BCUT2D eigenvalue weighted by atomic mass is 9.65. The number of methoxy groups -OCH3 is 1. The Morgan fingerprint density at radius 3 is 2.50 bits per heavy atom. The predicted molar refractivity (Wildman–Crippen MR) is 73.1 cm³/mol. The van der Waals surface area contributed by atoms with Crippen LogP contribution in [0.2, 0.25) is 0 Å². The van der Waals surface area contributed by atoms with Crippen LogP contribution >= 0.6 is 0 Å². The Balaban J connectivity index is 2.38. The van der Waals surface area contributed by atoms with E-state index in [-0.39, 0.29) is 23.3 Å². The van der Waals surface area contributed by atoms with Crippen LogP contribution in [0.15, 0.2) is 0 Å². The van der Waals surface area contributed by atoms with Crippen LogP contribution in [0.1, 0.15) is 33.1 Å². The summed E-state index contributed by atoms with van der Waals surface area (Å²) in [6.45, 7) is 4.94. The van der Waals surface area contributed by atoms with E-state index in [9.17, 15) is 8.42 Å². The lowest BCUT2D eigenvalue weighted by Gasteiger charge is -2.51. The molecule has 2 atom stereocenters. The molecule has 2 N–H and O–H groups in total. The van der Waals surface area contributed by atoms with Crippen molar-refractivity contribution in [3.8, 4) is 0 Å². The second kappa shape index (κ2) is 6.32. The monoisotopic (exact) mass is 278 g/mol. The van der Waals surface area contributed by atoms with E-state index in [1.54, 1.807) is 7.11 Å². The van der Waals surface area contributed by atoms with Crippen molar-refractivity contribution in [1.29, 1.82) is 0 Å². The Morgan fingerprint density at radius 1 is 1.33 bits per heavy atom. The topological polar surface area (TPSA) is 67.4 Å². The molecule has 0 bridgehead atoms. The van der Waals surface area contributed by atoms with E-state index in [1.165, 1.54) is 0 Å². The third-order valence-electron chi connectivity index (χ3n) is 3.87. The minimum absolute atomic E-state index is 0.00301. The molecule has 0 aromatic carbocycles. The standard InChI is InChI=1S/C12H26N2O3S/c1-12(2)10(9-11(12)17-4)14-18(15,16)8-6-5-7-13-3/h10-11,13-14H,5-9H2,1-4H3. The van der Waals surface area contributed by atoms with Gasteiger partial charge < -0.3 is 10.1 Å². The first-order valence-corrected chi connectivity index (χ1v) is 8.16. The van der Waals surface area contributed by atoms with E-state index >= 15 is 0 Å². The maximum Gasteiger partial charge on any atom is 0.211 e. The number of ether oxygens (including phenoxy) is 1. The first kappa shape index (κ1) is 15.9. The van der Waals surface area contributed by atoms with Crippen LogP contribution in [-0.4, -0.2) is 47.0 Å². The molecule has 0 radical (unpaired) electrons. The van der Waals surface area contributed by atoms with Crippen molar-refractivity contribution in [1.82, 2.24) is 10.0 Å². The summed E-state index contributed by atoms with van der Waals surface area (Å²) in [5.41, 5.74) is -0.118. The zero-order valence-corrected chi connectivity index (χ0v) is 12.6. The molecular weight excluding hydrogens is 252 g/mol. The first-order valence-electron chi connectivity index (χ1n) is 6.51. The minimum Gasteiger partial charge on any atom is -0.381 e. The Labute approximate surface area is 111 Å². The van der Waals surface area contributed by atoms with E-state index in [2.05, 4.69) is 10.0 Å². The van der Waals surface area contributed by atoms with Crippen LogP contribution in [0.4, 0.5) is 0 Å². The number of unbranched alkanes of at least 4 members (excludes halogenated alkanes) is 1. The lowest BCUT2D eigenvalue weighted by molar-refractivity contribution is -0.0908. The fraction of sp³-hybridized carbons (Fsp3) is 1.00. The summed E-state index contributed by atoms with van der Waals surface area (Å²) in [5.74, 6) is 0.207. The fourth-order valence-corrected chi connectivity index (χ4v) is 3.89. The predicted octanol–water partition coefficient (Wildman–Crippen LogP) is 0.719.